The lowest BCUT2D eigenvalue weighted by molar-refractivity contribution is 0.415. The van der Waals surface area contributed by atoms with Crippen molar-refractivity contribution in [3.63, 3.8) is 0 Å². The summed E-state index contributed by atoms with van der Waals surface area (Å²) in [5.41, 5.74) is 2.71. The molecule has 4 aromatic rings. The highest BCUT2D eigenvalue weighted by molar-refractivity contribution is 7.17. The zero-order chi connectivity index (χ0) is 15.1. The van der Waals surface area contributed by atoms with Crippen molar-refractivity contribution in [2.75, 3.05) is 7.11 Å². The number of hydrogen-bond donors (Lipinski definition) is 0. The van der Waals surface area contributed by atoms with Gasteiger partial charge in [-0.2, -0.15) is 0 Å². The Bertz CT molecular complexity index is 1030. The van der Waals surface area contributed by atoms with Crippen molar-refractivity contribution in [2.45, 2.75) is 0 Å². The minimum absolute atomic E-state index is 0.127. The molecule has 0 bridgehead atoms. The minimum atomic E-state index is -0.127. The van der Waals surface area contributed by atoms with E-state index in [-0.39, 0.29) is 5.56 Å². The maximum atomic E-state index is 12.7. The molecule has 0 unspecified atom stereocenters. The molecule has 0 spiro atoms. The molecular weight excluding hydrogens is 298 g/mol. The molecule has 0 amide bonds. The molecule has 0 saturated carbocycles. The Balaban J connectivity index is 1.97. The van der Waals surface area contributed by atoms with Gasteiger partial charge < -0.3 is 4.74 Å². The van der Waals surface area contributed by atoms with Gasteiger partial charge in [0.25, 0.3) is 5.56 Å². The molecule has 0 aliphatic heterocycles. The van der Waals surface area contributed by atoms with E-state index in [1.165, 1.54) is 22.1 Å². The van der Waals surface area contributed by atoms with Gasteiger partial charge in [0.2, 0.25) is 0 Å². The Labute approximate surface area is 129 Å². The predicted octanol–water partition coefficient (Wildman–Crippen LogP) is 2.98. The lowest BCUT2D eigenvalue weighted by atomic mass is 10.1. The second-order valence-corrected chi connectivity index (χ2v) is 5.69. The van der Waals surface area contributed by atoms with Crippen molar-refractivity contribution < 1.29 is 4.74 Å². The molecule has 3 heterocycles. The molecular formula is C16H11N3O2S. The Morgan fingerprint density at radius 1 is 1.14 bits per heavy atom. The summed E-state index contributed by atoms with van der Waals surface area (Å²) in [5, 5.41) is 1.95. The van der Waals surface area contributed by atoms with Gasteiger partial charge in [-0.1, -0.05) is 12.1 Å². The van der Waals surface area contributed by atoms with Crippen molar-refractivity contribution in [1.29, 1.82) is 0 Å². The average Bonchev–Trinajstić information content (AvgIpc) is 3.04. The summed E-state index contributed by atoms with van der Waals surface area (Å²) < 4.78 is 7.55. The molecule has 1 aromatic carbocycles. The molecule has 0 N–H and O–H groups in total. The summed E-state index contributed by atoms with van der Waals surface area (Å²) in [5.74, 6) is 0.750. The van der Waals surface area contributed by atoms with Gasteiger partial charge >= 0.3 is 0 Å². The van der Waals surface area contributed by atoms with Gasteiger partial charge in [-0.05, 0) is 29.1 Å². The van der Waals surface area contributed by atoms with Crippen LogP contribution in [0.2, 0.25) is 0 Å². The van der Waals surface area contributed by atoms with E-state index in [0.29, 0.717) is 11.2 Å². The van der Waals surface area contributed by atoms with Gasteiger partial charge in [-0.15, -0.1) is 11.3 Å². The molecule has 0 saturated heterocycles. The first-order valence-corrected chi connectivity index (χ1v) is 7.54. The Hall–Kier alpha value is -2.73. The van der Waals surface area contributed by atoms with Crippen LogP contribution in [0.3, 0.4) is 0 Å². The van der Waals surface area contributed by atoms with Crippen LogP contribution in [0.5, 0.6) is 5.75 Å². The SMILES string of the molecule is COc1ccc(-c2cnc3c4sccc4ncn3c2=O)cc1. The minimum Gasteiger partial charge on any atom is -0.497 e. The first-order valence-electron chi connectivity index (χ1n) is 6.66. The van der Waals surface area contributed by atoms with Crippen LogP contribution in [0.25, 0.3) is 27.0 Å². The number of fused-ring (bicyclic) bond motifs is 3. The van der Waals surface area contributed by atoms with E-state index in [0.717, 1.165) is 21.5 Å². The molecule has 0 radical (unpaired) electrons. The largest absolute Gasteiger partial charge is 0.497 e. The normalized spacial score (nSPS) is 11.1. The smallest absolute Gasteiger partial charge is 0.266 e. The predicted molar refractivity (Wildman–Crippen MR) is 86.6 cm³/mol. The summed E-state index contributed by atoms with van der Waals surface area (Å²) in [4.78, 5) is 21.5. The van der Waals surface area contributed by atoms with E-state index in [2.05, 4.69) is 9.97 Å². The molecule has 0 aliphatic carbocycles. The third-order valence-electron chi connectivity index (χ3n) is 3.55. The van der Waals surface area contributed by atoms with E-state index in [9.17, 15) is 4.79 Å². The molecule has 6 heteroatoms. The van der Waals surface area contributed by atoms with E-state index >= 15 is 0 Å². The third-order valence-corrected chi connectivity index (χ3v) is 4.45. The van der Waals surface area contributed by atoms with Crippen molar-refractivity contribution in [3.05, 3.63) is 58.6 Å². The van der Waals surface area contributed by atoms with Crippen molar-refractivity contribution in [1.82, 2.24) is 14.4 Å². The van der Waals surface area contributed by atoms with Gasteiger partial charge in [0, 0.05) is 6.20 Å². The average molecular weight is 309 g/mol. The summed E-state index contributed by atoms with van der Waals surface area (Å²) in [6.07, 6.45) is 3.16. The topological polar surface area (TPSA) is 56.5 Å². The number of hydrogen-bond acceptors (Lipinski definition) is 5. The van der Waals surface area contributed by atoms with Crippen LogP contribution in [-0.4, -0.2) is 21.5 Å². The lowest BCUT2D eigenvalue weighted by Gasteiger charge is -2.05. The van der Waals surface area contributed by atoms with E-state index in [1.807, 2.05) is 35.7 Å². The van der Waals surface area contributed by atoms with Crippen LogP contribution >= 0.6 is 11.3 Å². The van der Waals surface area contributed by atoms with Crippen LogP contribution < -0.4 is 10.3 Å². The van der Waals surface area contributed by atoms with Gasteiger partial charge in [0.15, 0.2) is 5.65 Å². The van der Waals surface area contributed by atoms with Crippen molar-refractivity contribution in [2.24, 2.45) is 0 Å². The van der Waals surface area contributed by atoms with E-state index in [1.54, 1.807) is 13.3 Å². The number of thiophene rings is 1. The van der Waals surface area contributed by atoms with E-state index < -0.39 is 0 Å². The molecule has 4 rings (SSSR count). The van der Waals surface area contributed by atoms with Crippen molar-refractivity contribution >= 4 is 27.2 Å². The van der Waals surface area contributed by atoms with Gasteiger partial charge in [0.1, 0.15) is 12.1 Å². The maximum absolute atomic E-state index is 12.7. The summed E-state index contributed by atoms with van der Waals surface area (Å²) in [6, 6.07) is 9.26. The molecule has 108 valence electrons. The van der Waals surface area contributed by atoms with Crippen LogP contribution in [0.1, 0.15) is 0 Å². The highest BCUT2D eigenvalue weighted by Crippen LogP contribution is 2.23. The van der Waals surface area contributed by atoms with Crippen LogP contribution in [0.4, 0.5) is 0 Å². The summed E-state index contributed by atoms with van der Waals surface area (Å²) in [7, 11) is 1.61. The van der Waals surface area contributed by atoms with Gasteiger partial charge in [-0.3, -0.25) is 4.79 Å². The number of methoxy groups -OCH3 is 1. The fraction of sp³-hybridized carbons (Fsp3) is 0.0625. The van der Waals surface area contributed by atoms with Gasteiger partial charge in [-0.25, -0.2) is 14.4 Å². The number of ether oxygens (including phenoxy) is 1. The van der Waals surface area contributed by atoms with Crippen LogP contribution in [0.15, 0.2) is 53.0 Å². The zero-order valence-corrected chi connectivity index (χ0v) is 12.5. The fourth-order valence-electron chi connectivity index (χ4n) is 2.40. The molecule has 22 heavy (non-hydrogen) atoms. The molecule has 3 aromatic heterocycles. The quantitative estimate of drug-likeness (QED) is 0.571. The third kappa shape index (κ3) is 1.88. The monoisotopic (exact) mass is 309 g/mol. The van der Waals surface area contributed by atoms with E-state index in [4.69, 9.17) is 4.74 Å². The molecule has 0 aliphatic rings. The standard InChI is InChI=1S/C16H11N3O2S/c1-21-11-4-2-10(3-5-11)12-8-17-15-14-13(6-7-22-14)18-9-19(15)16(12)20/h2-9H,1H3. The Morgan fingerprint density at radius 2 is 1.95 bits per heavy atom. The first-order chi connectivity index (χ1) is 10.8. The lowest BCUT2D eigenvalue weighted by Crippen LogP contribution is -2.17. The highest BCUT2D eigenvalue weighted by Gasteiger charge is 2.11. The molecule has 5 nitrogen and oxygen atoms in total. The van der Waals surface area contributed by atoms with Crippen LogP contribution in [-0.2, 0) is 0 Å². The van der Waals surface area contributed by atoms with Crippen molar-refractivity contribution in [3.8, 4) is 16.9 Å². The number of nitrogens with zero attached hydrogens (tertiary/aromatic N) is 3. The number of aromatic nitrogens is 3. The van der Waals surface area contributed by atoms with Crippen LogP contribution in [0, 0.1) is 0 Å². The molecule has 0 fully saturated rings. The molecule has 0 atom stereocenters. The first kappa shape index (κ1) is 13.0. The number of rotatable bonds is 2. The highest BCUT2D eigenvalue weighted by atomic mass is 32.1. The fourth-order valence-corrected chi connectivity index (χ4v) is 3.24. The Kier molecular flexibility index (Phi) is 2.90. The Morgan fingerprint density at radius 3 is 2.73 bits per heavy atom. The number of benzene rings is 1. The summed E-state index contributed by atoms with van der Waals surface area (Å²) in [6.45, 7) is 0. The van der Waals surface area contributed by atoms with Gasteiger partial charge in [0.05, 0.1) is 22.9 Å². The second-order valence-electron chi connectivity index (χ2n) is 4.78. The maximum Gasteiger partial charge on any atom is 0.266 e. The second kappa shape index (κ2) is 4.92. The zero-order valence-electron chi connectivity index (χ0n) is 11.7. The summed E-state index contributed by atoms with van der Waals surface area (Å²) >= 11 is 1.53.